The molecule has 130 valence electrons. The van der Waals surface area contributed by atoms with Crippen LogP contribution in [0.25, 0.3) is 50.7 Å². The predicted octanol–water partition coefficient (Wildman–Crippen LogP) is 7.21. The third-order valence-corrected chi connectivity index (χ3v) is 5.10. The van der Waals surface area contributed by atoms with Crippen LogP contribution in [-0.4, -0.2) is 4.57 Å². The zero-order valence-corrected chi connectivity index (χ0v) is 15.1. The van der Waals surface area contributed by atoms with Gasteiger partial charge in [-0.1, -0.05) is 55.1 Å². The van der Waals surface area contributed by atoms with Crippen LogP contribution in [0.15, 0.2) is 83.8 Å². The summed E-state index contributed by atoms with van der Waals surface area (Å²) >= 11 is 0. The molecule has 0 radical (unpaired) electrons. The number of fused-ring (bicyclic) bond motifs is 4. The molecule has 0 aliphatic heterocycles. The second kappa shape index (κ2) is 6.03. The van der Waals surface area contributed by atoms with E-state index in [4.69, 9.17) is 4.42 Å². The Hall–Kier alpha value is -3.52. The van der Waals surface area contributed by atoms with Crippen molar-refractivity contribution in [3.63, 3.8) is 0 Å². The first kappa shape index (κ1) is 15.7. The second-order valence-electron chi connectivity index (χ2n) is 6.63. The highest BCUT2D eigenvalue weighted by atomic mass is 16.3. The van der Waals surface area contributed by atoms with Crippen molar-refractivity contribution in [3.05, 3.63) is 90.6 Å². The molecule has 5 rings (SSSR count). The topological polar surface area (TPSA) is 18.1 Å². The number of hydrogen-bond donors (Lipinski definition) is 0. The number of nitrogens with zero attached hydrogens (tertiary/aromatic N) is 1. The molecular weight excluding hydrogens is 330 g/mol. The highest BCUT2D eigenvalue weighted by Crippen LogP contribution is 2.34. The summed E-state index contributed by atoms with van der Waals surface area (Å²) in [6.07, 6.45) is 6.15. The lowest BCUT2D eigenvalue weighted by atomic mass is 10.1. The van der Waals surface area contributed by atoms with Crippen molar-refractivity contribution < 1.29 is 4.42 Å². The molecule has 3 aromatic carbocycles. The molecule has 0 saturated heterocycles. The standard InChI is InChI=1S/C25H19NO/c1-3-9-18-19-10-5-7-12-23(19)26(22(18)4-2)17-14-15-21-20-11-6-8-13-24(20)27-25(21)16-17/h3-16H,2H2,1H3/b9-3-. The number of hydrogen-bond acceptors (Lipinski definition) is 1. The molecule has 0 saturated carbocycles. The van der Waals surface area contributed by atoms with E-state index in [1.807, 2.05) is 31.2 Å². The van der Waals surface area contributed by atoms with Crippen LogP contribution in [0, 0.1) is 0 Å². The first-order valence-electron chi connectivity index (χ1n) is 9.12. The fourth-order valence-electron chi connectivity index (χ4n) is 3.96. The van der Waals surface area contributed by atoms with Gasteiger partial charge in [-0.3, -0.25) is 0 Å². The summed E-state index contributed by atoms with van der Waals surface area (Å²) in [5.74, 6) is 0. The Bertz CT molecular complexity index is 1350. The molecule has 5 aromatic rings. The van der Waals surface area contributed by atoms with Gasteiger partial charge in [-0.15, -0.1) is 0 Å². The Morgan fingerprint density at radius 1 is 0.852 bits per heavy atom. The molecule has 2 heteroatoms. The summed E-state index contributed by atoms with van der Waals surface area (Å²) in [6.45, 7) is 6.12. The van der Waals surface area contributed by atoms with E-state index in [0.29, 0.717) is 0 Å². The Morgan fingerprint density at radius 2 is 1.59 bits per heavy atom. The molecule has 0 aliphatic carbocycles. The highest BCUT2D eigenvalue weighted by molar-refractivity contribution is 6.05. The third kappa shape index (κ3) is 2.27. The zero-order chi connectivity index (χ0) is 18.4. The monoisotopic (exact) mass is 349 g/mol. The van der Waals surface area contributed by atoms with Crippen LogP contribution in [0.4, 0.5) is 0 Å². The fraction of sp³-hybridized carbons (Fsp3) is 0.0400. The maximum atomic E-state index is 6.10. The van der Waals surface area contributed by atoms with Crippen LogP contribution >= 0.6 is 0 Å². The minimum atomic E-state index is 0.897. The quantitative estimate of drug-likeness (QED) is 0.336. The average molecular weight is 349 g/mol. The van der Waals surface area contributed by atoms with E-state index >= 15 is 0 Å². The molecular formula is C25H19NO. The van der Waals surface area contributed by atoms with Gasteiger partial charge in [0.1, 0.15) is 11.2 Å². The van der Waals surface area contributed by atoms with Gasteiger partial charge in [0.25, 0.3) is 0 Å². The molecule has 2 aromatic heterocycles. The van der Waals surface area contributed by atoms with Crippen LogP contribution < -0.4 is 0 Å². The number of allylic oxidation sites excluding steroid dienone is 1. The van der Waals surface area contributed by atoms with E-state index in [9.17, 15) is 0 Å². The normalized spacial score (nSPS) is 11.9. The average Bonchev–Trinajstić information content (AvgIpc) is 3.23. The Labute approximate surface area is 157 Å². The summed E-state index contributed by atoms with van der Waals surface area (Å²) in [5.41, 5.74) is 6.33. The Morgan fingerprint density at radius 3 is 2.41 bits per heavy atom. The molecule has 0 bridgehead atoms. The van der Waals surface area contributed by atoms with Crippen LogP contribution in [0.5, 0.6) is 0 Å². The minimum Gasteiger partial charge on any atom is -0.456 e. The van der Waals surface area contributed by atoms with E-state index in [0.717, 1.165) is 38.8 Å². The van der Waals surface area contributed by atoms with Gasteiger partial charge >= 0.3 is 0 Å². The van der Waals surface area contributed by atoms with E-state index in [-0.39, 0.29) is 0 Å². The van der Waals surface area contributed by atoms with Crippen molar-refractivity contribution in [2.24, 2.45) is 0 Å². The lowest BCUT2D eigenvalue weighted by molar-refractivity contribution is 0.668. The van der Waals surface area contributed by atoms with Gasteiger partial charge < -0.3 is 8.98 Å². The number of aromatic nitrogens is 1. The molecule has 0 aliphatic rings. The number of furan rings is 1. The molecule has 0 unspecified atom stereocenters. The summed E-state index contributed by atoms with van der Waals surface area (Å²) in [6, 6.07) is 23.1. The van der Waals surface area contributed by atoms with Crippen LogP contribution in [-0.2, 0) is 0 Å². The molecule has 0 N–H and O–H groups in total. The largest absolute Gasteiger partial charge is 0.456 e. The van der Waals surface area contributed by atoms with Gasteiger partial charge in [-0.05, 0) is 37.3 Å². The van der Waals surface area contributed by atoms with Gasteiger partial charge in [0.2, 0.25) is 0 Å². The van der Waals surface area contributed by atoms with Crippen LogP contribution in [0.2, 0.25) is 0 Å². The molecule has 27 heavy (non-hydrogen) atoms. The molecule has 0 fully saturated rings. The molecule has 0 spiro atoms. The second-order valence-corrected chi connectivity index (χ2v) is 6.63. The van der Waals surface area contributed by atoms with Crippen molar-refractivity contribution >= 4 is 45.0 Å². The van der Waals surface area contributed by atoms with Gasteiger partial charge in [-0.25, -0.2) is 0 Å². The van der Waals surface area contributed by atoms with Gasteiger partial charge in [0.05, 0.1) is 11.2 Å². The van der Waals surface area contributed by atoms with Crippen LogP contribution in [0.3, 0.4) is 0 Å². The lowest BCUT2D eigenvalue weighted by Crippen LogP contribution is -1.96. The number of para-hydroxylation sites is 2. The van der Waals surface area contributed by atoms with Crippen molar-refractivity contribution in [3.8, 4) is 5.69 Å². The fourth-order valence-corrected chi connectivity index (χ4v) is 3.96. The molecule has 2 nitrogen and oxygen atoms in total. The first-order valence-corrected chi connectivity index (χ1v) is 9.12. The molecule has 2 heterocycles. The predicted molar refractivity (Wildman–Crippen MR) is 115 cm³/mol. The van der Waals surface area contributed by atoms with E-state index < -0.39 is 0 Å². The van der Waals surface area contributed by atoms with Crippen LogP contribution in [0.1, 0.15) is 18.2 Å². The minimum absolute atomic E-state index is 0.897. The summed E-state index contributed by atoms with van der Waals surface area (Å²) < 4.78 is 8.36. The number of benzene rings is 3. The van der Waals surface area contributed by atoms with Crippen molar-refractivity contribution in [2.75, 3.05) is 0 Å². The summed E-state index contributed by atoms with van der Waals surface area (Å²) in [4.78, 5) is 0. The van der Waals surface area contributed by atoms with Crippen molar-refractivity contribution in [1.29, 1.82) is 0 Å². The first-order chi connectivity index (χ1) is 13.3. The van der Waals surface area contributed by atoms with Gasteiger partial charge in [0, 0.05) is 33.5 Å². The Balaban J connectivity index is 1.85. The maximum absolute atomic E-state index is 6.10. The number of rotatable bonds is 3. The van der Waals surface area contributed by atoms with E-state index in [2.05, 4.69) is 71.8 Å². The summed E-state index contributed by atoms with van der Waals surface area (Å²) in [5, 5.41) is 3.50. The smallest absolute Gasteiger partial charge is 0.137 e. The van der Waals surface area contributed by atoms with E-state index in [1.165, 1.54) is 10.9 Å². The SMILES string of the molecule is C=Cc1c(/C=C\C)c2ccccc2n1-c1ccc2c(c1)oc1ccccc12. The van der Waals surface area contributed by atoms with Gasteiger partial charge in [-0.2, -0.15) is 0 Å². The zero-order valence-electron chi connectivity index (χ0n) is 15.1. The third-order valence-electron chi connectivity index (χ3n) is 5.10. The Kier molecular flexibility index (Phi) is 3.51. The maximum Gasteiger partial charge on any atom is 0.137 e. The summed E-state index contributed by atoms with van der Waals surface area (Å²) in [7, 11) is 0. The molecule has 0 amide bonds. The van der Waals surface area contributed by atoms with Crippen molar-refractivity contribution in [2.45, 2.75) is 6.92 Å². The molecule has 0 atom stereocenters. The van der Waals surface area contributed by atoms with Gasteiger partial charge in [0.15, 0.2) is 0 Å². The van der Waals surface area contributed by atoms with E-state index in [1.54, 1.807) is 0 Å². The lowest BCUT2D eigenvalue weighted by Gasteiger charge is -2.09. The highest BCUT2D eigenvalue weighted by Gasteiger charge is 2.15. The van der Waals surface area contributed by atoms with Crippen molar-refractivity contribution in [1.82, 2.24) is 4.57 Å².